The van der Waals surface area contributed by atoms with Crippen LogP contribution in [0.25, 0.3) is 0 Å². The average Bonchev–Trinajstić information content (AvgIpc) is 2.89. The molecular formula is C13H27N3. The third kappa shape index (κ3) is 2.96. The van der Waals surface area contributed by atoms with Crippen molar-refractivity contribution >= 4 is 0 Å². The normalized spacial score (nSPS) is 32.6. The van der Waals surface area contributed by atoms with Gasteiger partial charge in [-0.2, -0.15) is 0 Å². The zero-order valence-electron chi connectivity index (χ0n) is 10.9. The highest BCUT2D eigenvalue weighted by Crippen LogP contribution is 2.19. The Hall–Kier alpha value is -0.120. The first-order valence-electron chi connectivity index (χ1n) is 7.03. The molecule has 2 unspecified atom stereocenters. The van der Waals surface area contributed by atoms with Crippen molar-refractivity contribution in [2.24, 2.45) is 0 Å². The first-order chi connectivity index (χ1) is 7.83. The molecule has 0 amide bonds. The predicted molar refractivity (Wildman–Crippen MR) is 68.8 cm³/mol. The molecule has 2 rings (SSSR count). The second-order valence-corrected chi connectivity index (χ2v) is 5.23. The maximum atomic E-state index is 3.57. The summed E-state index contributed by atoms with van der Waals surface area (Å²) in [7, 11) is 0. The zero-order chi connectivity index (χ0) is 11.4. The van der Waals surface area contributed by atoms with Crippen LogP contribution in [0.15, 0.2) is 0 Å². The lowest BCUT2D eigenvalue weighted by atomic mass is 10.2. The maximum absolute atomic E-state index is 3.57. The molecule has 3 nitrogen and oxygen atoms in total. The Bertz CT molecular complexity index is 207. The molecule has 16 heavy (non-hydrogen) atoms. The summed E-state index contributed by atoms with van der Waals surface area (Å²) in [6.07, 6.45) is 4.16. The highest BCUT2D eigenvalue weighted by molar-refractivity contribution is 4.86. The van der Waals surface area contributed by atoms with Gasteiger partial charge in [0.25, 0.3) is 0 Å². The summed E-state index contributed by atoms with van der Waals surface area (Å²) in [5.41, 5.74) is 0. The lowest BCUT2D eigenvalue weighted by molar-refractivity contribution is 0.196. The molecule has 0 saturated carbocycles. The number of nitrogens with zero attached hydrogens (tertiary/aromatic N) is 2. The second-order valence-electron chi connectivity index (χ2n) is 5.23. The topological polar surface area (TPSA) is 18.5 Å². The number of hydrogen-bond acceptors (Lipinski definition) is 3. The van der Waals surface area contributed by atoms with E-state index in [2.05, 4.69) is 29.0 Å². The van der Waals surface area contributed by atoms with Crippen molar-refractivity contribution in [1.29, 1.82) is 0 Å². The minimum Gasteiger partial charge on any atom is -0.313 e. The molecule has 0 spiro atoms. The summed E-state index contributed by atoms with van der Waals surface area (Å²) in [5, 5.41) is 3.57. The van der Waals surface area contributed by atoms with Gasteiger partial charge in [-0.15, -0.1) is 0 Å². The van der Waals surface area contributed by atoms with E-state index in [1.807, 2.05) is 0 Å². The van der Waals surface area contributed by atoms with Crippen molar-refractivity contribution in [3.63, 3.8) is 0 Å². The second kappa shape index (κ2) is 5.99. The molecule has 0 aromatic rings. The highest BCUT2D eigenvalue weighted by atomic mass is 15.3. The van der Waals surface area contributed by atoms with Gasteiger partial charge in [0, 0.05) is 25.2 Å². The van der Waals surface area contributed by atoms with E-state index in [0.717, 1.165) is 18.6 Å². The van der Waals surface area contributed by atoms with E-state index in [4.69, 9.17) is 0 Å². The van der Waals surface area contributed by atoms with Gasteiger partial charge in [-0.1, -0.05) is 13.8 Å². The van der Waals surface area contributed by atoms with E-state index in [1.165, 1.54) is 52.0 Å². The Labute approximate surface area is 100 Å². The third-order valence-corrected chi connectivity index (χ3v) is 4.14. The van der Waals surface area contributed by atoms with E-state index in [-0.39, 0.29) is 0 Å². The Kier molecular flexibility index (Phi) is 4.62. The third-order valence-electron chi connectivity index (χ3n) is 4.14. The van der Waals surface area contributed by atoms with Crippen molar-refractivity contribution in [3.05, 3.63) is 0 Å². The Morgan fingerprint density at radius 1 is 1.19 bits per heavy atom. The van der Waals surface area contributed by atoms with Gasteiger partial charge in [-0.25, -0.2) is 0 Å². The van der Waals surface area contributed by atoms with Crippen LogP contribution in [-0.2, 0) is 0 Å². The van der Waals surface area contributed by atoms with Crippen molar-refractivity contribution in [3.8, 4) is 0 Å². The van der Waals surface area contributed by atoms with Crippen molar-refractivity contribution in [2.45, 2.75) is 45.2 Å². The molecule has 2 aliphatic rings. The van der Waals surface area contributed by atoms with Crippen LogP contribution >= 0.6 is 0 Å². The Morgan fingerprint density at radius 2 is 2.06 bits per heavy atom. The monoisotopic (exact) mass is 225 g/mol. The quantitative estimate of drug-likeness (QED) is 0.757. The first kappa shape index (κ1) is 12.3. The summed E-state index contributed by atoms with van der Waals surface area (Å²) in [5.74, 6) is 0. The lowest BCUT2D eigenvalue weighted by Gasteiger charge is -2.27. The summed E-state index contributed by atoms with van der Waals surface area (Å²) in [4.78, 5) is 5.31. The van der Waals surface area contributed by atoms with Crippen molar-refractivity contribution in [2.75, 3.05) is 39.3 Å². The molecule has 0 radical (unpaired) electrons. The molecule has 0 aromatic carbocycles. The molecule has 2 heterocycles. The summed E-state index contributed by atoms with van der Waals surface area (Å²) in [6.45, 7) is 12.0. The zero-order valence-corrected chi connectivity index (χ0v) is 10.9. The van der Waals surface area contributed by atoms with Gasteiger partial charge in [0.2, 0.25) is 0 Å². The molecule has 3 heteroatoms. The summed E-state index contributed by atoms with van der Waals surface area (Å²) >= 11 is 0. The predicted octanol–water partition coefficient (Wildman–Crippen LogP) is 1.15. The van der Waals surface area contributed by atoms with Gasteiger partial charge in [0.15, 0.2) is 0 Å². The molecular weight excluding hydrogens is 198 g/mol. The number of likely N-dealkylation sites (tertiary alicyclic amines) is 2. The number of likely N-dealkylation sites (N-methyl/N-ethyl adjacent to an activating group) is 2. The summed E-state index contributed by atoms with van der Waals surface area (Å²) < 4.78 is 0. The molecule has 0 aliphatic carbocycles. The molecule has 94 valence electrons. The average molecular weight is 225 g/mol. The molecule has 2 fully saturated rings. The SMILES string of the molecule is CCNC1CCN(CC2CCCN2CC)C1. The molecule has 2 saturated heterocycles. The highest BCUT2D eigenvalue weighted by Gasteiger charge is 2.28. The van der Waals surface area contributed by atoms with Gasteiger partial charge in [0.1, 0.15) is 0 Å². The van der Waals surface area contributed by atoms with Crippen LogP contribution in [0.4, 0.5) is 0 Å². The van der Waals surface area contributed by atoms with Gasteiger partial charge in [0.05, 0.1) is 0 Å². The molecule has 2 aliphatic heterocycles. The van der Waals surface area contributed by atoms with Crippen LogP contribution in [0.5, 0.6) is 0 Å². The molecule has 0 bridgehead atoms. The molecule has 0 aromatic heterocycles. The minimum atomic E-state index is 0.751. The van der Waals surface area contributed by atoms with Gasteiger partial charge < -0.3 is 10.2 Å². The fraction of sp³-hybridized carbons (Fsp3) is 1.00. The van der Waals surface area contributed by atoms with Gasteiger partial charge in [-0.05, 0) is 45.4 Å². The van der Waals surface area contributed by atoms with Crippen LogP contribution in [0, 0.1) is 0 Å². The van der Waals surface area contributed by atoms with E-state index in [1.54, 1.807) is 0 Å². The lowest BCUT2D eigenvalue weighted by Crippen LogP contribution is -2.40. The standard InChI is InChI=1S/C13H27N3/c1-3-14-12-7-9-15(10-12)11-13-6-5-8-16(13)4-2/h12-14H,3-11H2,1-2H3. The van der Waals surface area contributed by atoms with E-state index >= 15 is 0 Å². The molecule has 1 N–H and O–H groups in total. The number of nitrogens with one attached hydrogen (secondary N) is 1. The fourth-order valence-corrected chi connectivity index (χ4v) is 3.27. The largest absolute Gasteiger partial charge is 0.313 e. The van der Waals surface area contributed by atoms with E-state index in [0.29, 0.717) is 0 Å². The van der Waals surface area contributed by atoms with Gasteiger partial charge >= 0.3 is 0 Å². The fourth-order valence-electron chi connectivity index (χ4n) is 3.27. The first-order valence-corrected chi connectivity index (χ1v) is 7.03. The smallest absolute Gasteiger partial charge is 0.0223 e. The number of rotatable bonds is 5. The number of hydrogen-bond donors (Lipinski definition) is 1. The van der Waals surface area contributed by atoms with Crippen LogP contribution in [0.3, 0.4) is 0 Å². The van der Waals surface area contributed by atoms with Crippen LogP contribution < -0.4 is 5.32 Å². The molecule has 2 atom stereocenters. The van der Waals surface area contributed by atoms with E-state index in [9.17, 15) is 0 Å². The Balaban J connectivity index is 1.74. The van der Waals surface area contributed by atoms with Crippen LogP contribution in [0.1, 0.15) is 33.1 Å². The van der Waals surface area contributed by atoms with Crippen LogP contribution in [-0.4, -0.2) is 61.2 Å². The maximum Gasteiger partial charge on any atom is 0.0223 e. The van der Waals surface area contributed by atoms with Gasteiger partial charge in [-0.3, -0.25) is 4.90 Å². The Morgan fingerprint density at radius 3 is 2.81 bits per heavy atom. The van der Waals surface area contributed by atoms with Crippen LogP contribution in [0.2, 0.25) is 0 Å². The summed E-state index contributed by atoms with van der Waals surface area (Å²) in [6, 6.07) is 1.59. The van der Waals surface area contributed by atoms with Crippen molar-refractivity contribution in [1.82, 2.24) is 15.1 Å². The van der Waals surface area contributed by atoms with E-state index < -0.39 is 0 Å². The van der Waals surface area contributed by atoms with Crippen molar-refractivity contribution < 1.29 is 0 Å². The minimum absolute atomic E-state index is 0.751.